The number of carbonyl (C=O) groups is 2. The number of nitrogens with zero attached hydrogens (tertiary/aromatic N) is 2. The van der Waals surface area contributed by atoms with Crippen molar-refractivity contribution >= 4 is 34.9 Å². The molecule has 9 heteroatoms. The largest absolute Gasteiger partial charge is 0.490 e. The van der Waals surface area contributed by atoms with Gasteiger partial charge in [-0.3, -0.25) is 9.79 Å². The van der Waals surface area contributed by atoms with Crippen molar-refractivity contribution in [2.75, 3.05) is 11.9 Å². The third-order valence-corrected chi connectivity index (χ3v) is 6.95. The number of fused-ring (bicyclic) bond motifs is 3. The molecule has 1 amide bonds. The van der Waals surface area contributed by atoms with Gasteiger partial charge in [-0.1, -0.05) is 17.7 Å². The van der Waals surface area contributed by atoms with Crippen LogP contribution in [0.5, 0.6) is 11.5 Å². The number of benzene rings is 2. The molecule has 2 aromatic carbocycles. The molecule has 2 N–H and O–H groups in total. The summed E-state index contributed by atoms with van der Waals surface area (Å²) in [6.07, 6.45) is 2.80. The standard InChI is InChI=1S/C30H30ClN3O5/c1-6-38-22-12-18-14-29(2,3)34-25(24(18)20-15-30(4,5)39-26(20)22)16-7-8-19(28(36)37)21(11-16)33-27(35)17-9-10-32-23(31)13-17/h7-13H,6,14-15H2,1-5H3,(H,33,35)(H,36,37). The topological polar surface area (TPSA) is 110 Å². The van der Waals surface area contributed by atoms with Crippen molar-refractivity contribution in [2.24, 2.45) is 4.99 Å². The molecule has 2 aliphatic heterocycles. The third kappa shape index (κ3) is 5.21. The smallest absolute Gasteiger partial charge is 0.337 e. The summed E-state index contributed by atoms with van der Waals surface area (Å²) in [7, 11) is 0. The number of anilines is 1. The van der Waals surface area contributed by atoms with Crippen LogP contribution in [0, 0.1) is 0 Å². The summed E-state index contributed by atoms with van der Waals surface area (Å²) in [6, 6.07) is 9.86. The van der Waals surface area contributed by atoms with Crippen LogP contribution in [0.25, 0.3) is 0 Å². The van der Waals surface area contributed by atoms with Crippen molar-refractivity contribution in [3.8, 4) is 11.5 Å². The zero-order valence-corrected chi connectivity index (χ0v) is 23.3. The number of aromatic nitrogens is 1. The van der Waals surface area contributed by atoms with E-state index in [1.807, 2.05) is 26.8 Å². The number of carboxylic acids is 1. The number of rotatable bonds is 6. The maximum Gasteiger partial charge on any atom is 0.337 e. The highest BCUT2D eigenvalue weighted by molar-refractivity contribution is 6.29. The summed E-state index contributed by atoms with van der Waals surface area (Å²) < 4.78 is 12.3. The number of aromatic carboxylic acids is 1. The van der Waals surface area contributed by atoms with Crippen molar-refractivity contribution in [3.63, 3.8) is 0 Å². The quantitative estimate of drug-likeness (QED) is 0.368. The van der Waals surface area contributed by atoms with Gasteiger partial charge in [-0.15, -0.1) is 0 Å². The first-order chi connectivity index (χ1) is 18.4. The van der Waals surface area contributed by atoms with E-state index in [4.69, 9.17) is 26.1 Å². The molecule has 202 valence electrons. The van der Waals surface area contributed by atoms with E-state index >= 15 is 0 Å². The Morgan fingerprint density at radius 1 is 1.13 bits per heavy atom. The average molecular weight is 548 g/mol. The van der Waals surface area contributed by atoms with E-state index in [0.717, 1.165) is 33.9 Å². The highest BCUT2D eigenvalue weighted by Crippen LogP contribution is 2.48. The van der Waals surface area contributed by atoms with Crippen LogP contribution in [-0.2, 0) is 12.8 Å². The van der Waals surface area contributed by atoms with Gasteiger partial charge in [0.2, 0.25) is 0 Å². The van der Waals surface area contributed by atoms with Crippen LogP contribution in [0.3, 0.4) is 0 Å². The molecule has 8 nitrogen and oxygen atoms in total. The lowest BCUT2D eigenvalue weighted by Crippen LogP contribution is -2.31. The van der Waals surface area contributed by atoms with Gasteiger partial charge in [-0.05, 0) is 76.9 Å². The molecular weight excluding hydrogens is 518 g/mol. The fourth-order valence-electron chi connectivity index (χ4n) is 5.26. The van der Waals surface area contributed by atoms with E-state index in [0.29, 0.717) is 25.0 Å². The number of aliphatic imine (C=N–C) groups is 1. The van der Waals surface area contributed by atoms with Gasteiger partial charge >= 0.3 is 5.97 Å². The van der Waals surface area contributed by atoms with Crippen molar-refractivity contribution in [3.05, 3.63) is 81.1 Å². The number of carbonyl (C=O) groups excluding carboxylic acids is 1. The number of amides is 1. The van der Waals surface area contributed by atoms with Crippen LogP contribution in [-0.4, -0.2) is 45.4 Å². The fourth-order valence-corrected chi connectivity index (χ4v) is 5.43. The van der Waals surface area contributed by atoms with Crippen LogP contribution in [0.15, 0.2) is 47.6 Å². The summed E-state index contributed by atoms with van der Waals surface area (Å²) in [4.78, 5) is 34.1. The van der Waals surface area contributed by atoms with Gasteiger partial charge < -0.3 is 19.9 Å². The molecule has 0 saturated carbocycles. The number of carboxylic acid groups (broad SMARTS) is 1. The summed E-state index contributed by atoms with van der Waals surface area (Å²) in [5, 5.41) is 12.8. The molecule has 3 heterocycles. The van der Waals surface area contributed by atoms with Crippen LogP contribution in [0.2, 0.25) is 5.15 Å². The Labute approximate surface area is 232 Å². The SMILES string of the molecule is CCOc1cc2c(c3c1OC(C)(C)C3)C(c1ccc(C(=O)O)c(NC(=O)c3ccnc(Cl)c3)c1)=NC(C)(C)C2. The lowest BCUT2D eigenvalue weighted by molar-refractivity contribution is 0.0698. The Balaban J connectivity index is 1.65. The van der Waals surface area contributed by atoms with Crippen LogP contribution >= 0.6 is 11.6 Å². The average Bonchev–Trinajstić information content (AvgIpc) is 3.18. The van der Waals surface area contributed by atoms with Crippen molar-refractivity contribution in [1.29, 1.82) is 0 Å². The summed E-state index contributed by atoms with van der Waals surface area (Å²) in [5.74, 6) is -0.215. The normalized spacial score (nSPS) is 16.4. The van der Waals surface area contributed by atoms with Crippen molar-refractivity contribution in [1.82, 2.24) is 4.98 Å². The Morgan fingerprint density at radius 3 is 2.59 bits per heavy atom. The number of halogens is 1. The van der Waals surface area contributed by atoms with Crippen molar-refractivity contribution in [2.45, 2.75) is 58.6 Å². The highest BCUT2D eigenvalue weighted by atomic mass is 35.5. The molecule has 0 saturated heterocycles. The van der Waals surface area contributed by atoms with Gasteiger partial charge in [0, 0.05) is 34.9 Å². The van der Waals surface area contributed by atoms with Gasteiger partial charge in [0.15, 0.2) is 11.5 Å². The van der Waals surface area contributed by atoms with Gasteiger partial charge in [0.05, 0.1) is 29.1 Å². The minimum Gasteiger partial charge on any atom is -0.490 e. The number of nitrogens with one attached hydrogen (secondary N) is 1. The highest BCUT2D eigenvalue weighted by Gasteiger charge is 2.40. The summed E-state index contributed by atoms with van der Waals surface area (Å²) in [6.45, 7) is 10.7. The minimum atomic E-state index is -1.16. The predicted molar refractivity (Wildman–Crippen MR) is 150 cm³/mol. The Hall–Kier alpha value is -3.91. The van der Waals surface area contributed by atoms with E-state index in [1.165, 1.54) is 24.4 Å². The van der Waals surface area contributed by atoms with Gasteiger partial charge in [0.25, 0.3) is 5.91 Å². The molecule has 0 spiro atoms. The second-order valence-electron chi connectivity index (χ2n) is 11.0. The predicted octanol–water partition coefficient (Wildman–Crippen LogP) is 5.97. The molecule has 1 aromatic heterocycles. The van der Waals surface area contributed by atoms with E-state index in [9.17, 15) is 14.7 Å². The van der Waals surface area contributed by atoms with E-state index < -0.39 is 23.0 Å². The summed E-state index contributed by atoms with van der Waals surface area (Å²) >= 11 is 5.95. The first-order valence-corrected chi connectivity index (χ1v) is 13.2. The molecular formula is C30H30ClN3O5. The second kappa shape index (κ2) is 9.68. The maximum atomic E-state index is 13.0. The van der Waals surface area contributed by atoms with E-state index in [1.54, 1.807) is 12.1 Å². The van der Waals surface area contributed by atoms with E-state index in [2.05, 4.69) is 24.1 Å². The molecule has 0 bridgehead atoms. The first kappa shape index (κ1) is 26.7. The monoisotopic (exact) mass is 547 g/mol. The lowest BCUT2D eigenvalue weighted by atomic mass is 9.80. The maximum absolute atomic E-state index is 13.0. The Kier molecular flexibility index (Phi) is 6.63. The molecule has 0 unspecified atom stereocenters. The number of pyridine rings is 1. The third-order valence-electron chi connectivity index (χ3n) is 6.74. The molecule has 5 rings (SSSR count). The van der Waals surface area contributed by atoms with Crippen LogP contribution in [0.1, 0.15) is 77.6 Å². The summed E-state index contributed by atoms with van der Waals surface area (Å²) in [5.41, 5.74) is 4.04. The van der Waals surface area contributed by atoms with Crippen LogP contribution in [0.4, 0.5) is 5.69 Å². The molecule has 39 heavy (non-hydrogen) atoms. The fraction of sp³-hybridized carbons (Fsp3) is 0.333. The lowest BCUT2D eigenvalue weighted by Gasteiger charge is -2.31. The minimum absolute atomic E-state index is 0.0375. The zero-order valence-electron chi connectivity index (χ0n) is 22.5. The first-order valence-electron chi connectivity index (χ1n) is 12.8. The number of hydrogen-bond acceptors (Lipinski definition) is 6. The molecule has 3 aromatic rings. The van der Waals surface area contributed by atoms with Gasteiger partial charge in [-0.2, -0.15) is 0 Å². The molecule has 2 aliphatic rings. The van der Waals surface area contributed by atoms with E-state index in [-0.39, 0.29) is 22.0 Å². The van der Waals surface area contributed by atoms with Gasteiger partial charge in [-0.25, -0.2) is 9.78 Å². The van der Waals surface area contributed by atoms with Gasteiger partial charge in [0.1, 0.15) is 10.8 Å². The number of hydrogen-bond donors (Lipinski definition) is 2. The second-order valence-corrected chi connectivity index (χ2v) is 11.4. The number of ether oxygens (including phenoxy) is 2. The Bertz CT molecular complexity index is 1540. The molecule has 0 atom stereocenters. The molecule has 0 aliphatic carbocycles. The van der Waals surface area contributed by atoms with Crippen LogP contribution < -0.4 is 14.8 Å². The Morgan fingerprint density at radius 2 is 1.90 bits per heavy atom. The zero-order chi connectivity index (χ0) is 28.1. The molecule has 0 fully saturated rings. The van der Waals surface area contributed by atoms with Crippen molar-refractivity contribution < 1.29 is 24.2 Å². The molecule has 0 radical (unpaired) electrons.